The van der Waals surface area contributed by atoms with Gasteiger partial charge in [-0.15, -0.1) is 0 Å². The van der Waals surface area contributed by atoms with Crippen molar-refractivity contribution in [3.63, 3.8) is 0 Å². The van der Waals surface area contributed by atoms with Crippen molar-refractivity contribution >= 4 is 12.0 Å². The number of nitrogens with one attached hydrogen (secondary N) is 1. The van der Waals surface area contributed by atoms with Crippen LogP contribution in [0.2, 0.25) is 0 Å². The maximum Gasteiger partial charge on any atom is 0.405 e. The third kappa shape index (κ3) is 3.24. The van der Waals surface area contributed by atoms with Gasteiger partial charge in [-0.2, -0.15) is 0 Å². The average Bonchev–Trinajstić information content (AvgIpc) is 2.54. The lowest BCUT2D eigenvalue weighted by Crippen LogP contribution is -2.44. The van der Waals surface area contributed by atoms with Crippen molar-refractivity contribution in [1.29, 1.82) is 0 Å². The maximum atomic E-state index is 10.9. The fraction of sp³-hybridized carbons (Fsp3) is 0.778. The minimum Gasteiger partial charge on any atom is -0.465 e. The van der Waals surface area contributed by atoms with E-state index in [1.807, 2.05) is 0 Å². The standard InChI is InChI=1S/C9H16N2O3/c10-8(12)7(11-9(13)14)5-6-3-1-2-4-6/h6-7,11H,1-5H2,(H2,10,12)(H,13,14). The summed E-state index contributed by atoms with van der Waals surface area (Å²) in [4.78, 5) is 21.3. The van der Waals surface area contributed by atoms with Crippen molar-refractivity contribution in [3.05, 3.63) is 0 Å². The summed E-state index contributed by atoms with van der Waals surface area (Å²) >= 11 is 0. The van der Waals surface area contributed by atoms with Crippen LogP contribution in [0.4, 0.5) is 4.79 Å². The van der Waals surface area contributed by atoms with Gasteiger partial charge in [-0.25, -0.2) is 4.79 Å². The normalized spacial score (nSPS) is 19.1. The van der Waals surface area contributed by atoms with Crippen molar-refractivity contribution in [3.8, 4) is 0 Å². The lowest BCUT2D eigenvalue weighted by atomic mass is 9.98. The van der Waals surface area contributed by atoms with Gasteiger partial charge < -0.3 is 16.2 Å². The van der Waals surface area contributed by atoms with E-state index in [0.29, 0.717) is 12.3 Å². The van der Waals surface area contributed by atoms with Gasteiger partial charge in [0, 0.05) is 0 Å². The number of hydrogen-bond donors (Lipinski definition) is 3. The number of primary amides is 1. The highest BCUT2D eigenvalue weighted by Crippen LogP contribution is 2.28. The number of amides is 2. The molecule has 0 bridgehead atoms. The molecule has 4 N–H and O–H groups in total. The molecule has 0 heterocycles. The molecule has 0 aromatic carbocycles. The average molecular weight is 200 g/mol. The number of hydrogen-bond acceptors (Lipinski definition) is 2. The van der Waals surface area contributed by atoms with Crippen LogP contribution in [-0.4, -0.2) is 23.1 Å². The minimum absolute atomic E-state index is 0.444. The summed E-state index contributed by atoms with van der Waals surface area (Å²) < 4.78 is 0. The van der Waals surface area contributed by atoms with E-state index in [1.165, 1.54) is 12.8 Å². The van der Waals surface area contributed by atoms with E-state index in [4.69, 9.17) is 10.8 Å². The monoisotopic (exact) mass is 200 g/mol. The Morgan fingerprint density at radius 1 is 1.43 bits per heavy atom. The third-order valence-corrected chi connectivity index (χ3v) is 2.68. The van der Waals surface area contributed by atoms with Gasteiger partial charge in [0.15, 0.2) is 0 Å². The number of carbonyl (C=O) groups excluding carboxylic acids is 1. The minimum atomic E-state index is -1.19. The summed E-state index contributed by atoms with van der Waals surface area (Å²) in [7, 11) is 0. The first kappa shape index (κ1) is 10.8. The predicted molar refractivity (Wildman–Crippen MR) is 50.7 cm³/mol. The highest BCUT2D eigenvalue weighted by atomic mass is 16.4. The van der Waals surface area contributed by atoms with Crippen molar-refractivity contribution < 1.29 is 14.7 Å². The first-order valence-corrected chi connectivity index (χ1v) is 4.88. The maximum absolute atomic E-state index is 10.9. The van der Waals surface area contributed by atoms with Gasteiger partial charge in [0.25, 0.3) is 0 Å². The Morgan fingerprint density at radius 3 is 2.43 bits per heavy atom. The lowest BCUT2D eigenvalue weighted by Gasteiger charge is -2.16. The Hall–Kier alpha value is -1.26. The molecule has 1 aliphatic carbocycles. The molecule has 5 nitrogen and oxygen atoms in total. The molecule has 1 saturated carbocycles. The topological polar surface area (TPSA) is 92.4 Å². The quantitative estimate of drug-likeness (QED) is 0.623. The Balaban J connectivity index is 2.41. The molecule has 1 unspecified atom stereocenters. The van der Waals surface area contributed by atoms with Gasteiger partial charge in [-0.3, -0.25) is 4.79 Å². The highest BCUT2D eigenvalue weighted by Gasteiger charge is 2.24. The molecule has 0 radical (unpaired) electrons. The molecule has 1 rings (SSSR count). The van der Waals surface area contributed by atoms with Crippen molar-refractivity contribution in [1.82, 2.24) is 5.32 Å². The molecule has 0 saturated heterocycles. The zero-order chi connectivity index (χ0) is 10.6. The van der Waals surface area contributed by atoms with E-state index in [9.17, 15) is 9.59 Å². The third-order valence-electron chi connectivity index (χ3n) is 2.68. The van der Waals surface area contributed by atoms with Crippen molar-refractivity contribution in [2.75, 3.05) is 0 Å². The smallest absolute Gasteiger partial charge is 0.405 e. The fourth-order valence-electron chi connectivity index (χ4n) is 1.97. The molecule has 0 aromatic heterocycles. The van der Waals surface area contributed by atoms with Crippen LogP contribution in [0.3, 0.4) is 0 Å². The molecule has 0 spiro atoms. The first-order valence-electron chi connectivity index (χ1n) is 4.88. The molecule has 2 amide bonds. The van der Waals surface area contributed by atoms with E-state index in [2.05, 4.69) is 5.32 Å². The van der Waals surface area contributed by atoms with Gasteiger partial charge in [0.1, 0.15) is 6.04 Å². The van der Waals surface area contributed by atoms with Crippen molar-refractivity contribution in [2.45, 2.75) is 38.1 Å². The number of carboxylic acid groups (broad SMARTS) is 1. The molecule has 5 heteroatoms. The van der Waals surface area contributed by atoms with Crippen LogP contribution in [0.15, 0.2) is 0 Å². The molecule has 80 valence electrons. The highest BCUT2D eigenvalue weighted by molar-refractivity contribution is 5.83. The molecule has 1 fully saturated rings. The predicted octanol–water partition coefficient (Wildman–Crippen LogP) is 0.688. The van der Waals surface area contributed by atoms with E-state index >= 15 is 0 Å². The molecule has 14 heavy (non-hydrogen) atoms. The zero-order valence-corrected chi connectivity index (χ0v) is 8.03. The summed E-state index contributed by atoms with van der Waals surface area (Å²) in [5, 5.41) is 10.6. The Kier molecular flexibility index (Phi) is 3.73. The largest absolute Gasteiger partial charge is 0.465 e. The van der Waals surface area contributed by atoms with Gasteiger partial charge in [0.2, 0.25) is 5.91 Å². The van der Waals surface area contributed by atoms with Crippen LogP contribution in [0.25, 0.3) is 0 Å². The van der Waals surface area contributed by atoms with Gasteiger partial charge in [0.05, 0.1) is 0 Å². The van der Waals surface area contributed by atoms with Gasteiger partial charge >= 0.3 is 6.09 Å². The molecule has 1 aliphatic rings. The van der Waals surface area contributed by atoms with Crippen LogP contribution in [0, 0.1) is 5.92 Å². The summed E-state index contributed by atoms with van der Waals surface area (Å²) in [6.45, 7) is 0. The zero-order valence-electron chi connectivity index (χ0n) is 8.03. The van der Waals surface area contributed by atoms with Gasteiger partial charge in [-0.1, -0.05) is 25.7 Å². The van der Waals surface area contributed by atoms with Crippen LogP contribution < -0.4 is 11.1 Å². The second-order valence-corrected chi connectivity index (χ2v) is 3.79. The van der Waals surface area contributed by atoms with Crippen LogP contribution in [0.5, 0.6) is 0 Å². The second kappa shape index (κ2) is 4.83. The number of rotatable bonds is 4. The van der Waals surface area contributed by atoms with Gasteiger partial charge in [-0.05, 0) is 12.3 Å². The van der Waals surface area contributed by atoms with Crippen LogP contribution >= 0.6 is 0 Å². The Morgan fingerprint density at radius 2 is 2.00 bits per heavy atom. The summed E-state index contributed by atoms with van der Waals surface area (Å²) in [6.07, 6.45) is 3.84. The Bertz CT molecular complexity index is 224. The van der Waals surface area contributed by atoms with Crippen LogP contribution in [-0.2, 0) is 4.79 Å². The van der Waals surface area contributed by atoms with E-state index in [-0.39, 0.29) is 0 Å². The lowest BCUT2D eigenvalue weighted by molar-refractivity contribution is -0.120. The number of carbonyl (C=O) groups is 2. The SMILES string of the molecule is NC(=O)C(CC1CCCC1)NC(=O)O. The molecular formula is C9H16N2O3. The van der Waals surface area contributed by atoms with E-state index < -0.39 is 18.0 Å². The summed E-state index contributed by atoms with van der Waals surface area (Å²) in [5.41, 5.74) is 5.10. The Labute approximate surface area is 82.7 Å². The summed E-state index contributed by atoms with van der Waals surface area (Å²) in [6, 6.07) is -0.726. The second-order valence-electron chi connectivity index (χ2n) is 3.79. The van der Waals surface area contributed by atoms with Crippen molar-refractivity contribution in [2.24, 2.45) is 11.7 Å². The molecular weight excluding hydrogens is 184 g/mol. The molecule has 0 aliphatic heterocycles. The first-order chi connectivity index (χ1) is 6.59. The van der Waals surface area contributed by atoms with Crippen LogP contribution in [0.1, 0.15) is 32.1 Å². The van der Waals surface area contributed by atoms with E-state index in [0.717, 1.165) is 12.8 Å². The fourth-order valence-corrected chi connectivity index (χ4v) is 1.97. The molecule has 0 aromatic rings. The number of nitrogens with two attached hydrogens (primary N) is 1. The van der Waals surface area contributed by atoms with E-state index in [1.54, 1.807) is 0 Å². The molecule has 1 atom stereocenters. The summed E-state index contributed by atoms with van der Waals surface area (Å²) in [5.74, 6) is -0.140.